The molecule has 0 aromatic rings. The molecule has 0 bridgehead atoms. The maximum absolute atomic E-state index is 14.0. The van der Waals surface area contributed by atoms with E-state index in [4.69, 9.17) is 18.7 Å². The Balaban J connectivity index is 2.30. The fourth-order valence-electron chi connectivity index (χ4n) is 10.4. The number of carbonyl (C=O) groups excluding carboxylic acids is 3. The van der Waals surface area contributed by atoms with Crippen molar-refractivity contribution < 1.29 is 93.1 Å². The van der Waals surface area contributed by atoms with Crippen molar-refractivity contribution >= 4 is 31.6 Å². The summed E-state index contributed by atoms with van der Waals surface area (Å²) < 4.78 is 34.2. The topological polar surface area (TPSA) is 349 Å². The molecule has 2 rings (SSSR count). The predicted octanol–water partition coefficient (Wildman–Crippen LogP) is 6.01. The van der Waals surface area contributed by atoms with Crippen LogP contribution in [0.25, 0.3) is 0 Å². The van der Waals surface area contributed by atoms with Crippen molar-refractivity contribution in [2.75, 3.05) is 6.61 Å². The van der Waals surface area contributed by atoms with Crippen molar-refractivity contribution in [3.05, 3.63) is 0 Å². The first-order valence-electron chi connectivity index (χ1n) is 29.0. The zero-order valence-electron chi connectivity index (χ0n) is 46.1. The maximum atomic E-state index is 14.0. The van der Waals surface area contributed by atoms with Crippen LogP contribution in [0.5, 0.6) is 0 Å². The maximum Gasteiger partial charge on any atom is 0.470 e. The zero-order valence-corrected chi connectivity index (χ0v) is 47.0. The Kier molecular flexibility index (Phi) is 35.9. The molecule has 1 unspecified atom stereocenters. The molecule has 2 saturated heterocycles. The van der Waals surface area contributed by atoms with E-state index in [1.165, 1.54) is 51.4 Å². The molecule has 12 N–H and O–H groups in total. The number of carbonyl (C=O) groups is 4. The minimum Gasteiger partial charge on any atom is -0.481 e. The van der Waals surface area contributed by atoms with Gasteiger partial charge in [-0.2, -0.15) is 0 Å². The van der Waals surface area contributed by atoms with Crippen LogP contribution in [0.1, 0.15) is 233 Å². The Morgan fingerprint density at radius 1 is 0.618 bits per heavy atom. The van der Waals surface area contributed by atoms with Crippen molar-refractivity contribution in [2.24, 2.45) is 0 Å². The number of nitrogens with one attached hydrogen (secondary N) is 2. The molecule has 21 nitrogen and oxygen atoms in total. The largest absolute Gasteiger partial charge is 0.481 e. The monoisotopic (exact) mass is 1110 g/mol. The number of esters is 1. The summed E-state index contributed by atoms with van der Waals surface area (Å²) in [5, 5.41) is 93.8. The molecule has 446 valence electrons. The molecule has 0 aromatic heterocycles. The summed E-state index contributed by atoms with van der Waals surface area (Å²) in [6.45, 7) is 5.39. The lowest BCUT2D eigenvalue weighted by Crippen LogP contribution is -2.76. The molecule has 0 aliphatic carbocycles. The highest BCUT2D eigenvalue weighted by Crippen LogP contribution is 2.43. The standard InChI is InChI=1S/C54H101N2O19P/c1-4-7-10-13-16-19-22-25-28-31-38(58)34-42(60)56-54(36-43(61)62)52(67)48(66)51(74-53(54)68)47(65)50-45(46(64)49(40(37-57)73-50)75-76(69,70)71)55-41(59)35-39(32-29-26-23-20-17-14-11-8-5-2)72-44(63)33-30-27-24-21-18-15-12-9-6-3/h38-40,45-53,57-58,64-68H,4-37H2,1-3H3,(H,55,59)(H,56,60)(H,61,62)(H2,69,70,71)/t38-,39-,40-,45+,46-,47?,48-,49-,50-,51-,52+,53+,54+/m1/s1. The first-order valence-corrected chi connectivity index (χ1v) is 30.5. The van der Waals surface area contributed by atoms with E-state index in [-0.39, 0.29) is 12.8 Å². The highest BCUT2D eigenvalue weighted by molar-refractivity contribution is 7.46. The van der Waals surface area contributed by atoms with Gasteiger partial charge in [-0.25, -0.2) is 4.57 Å². The molecular formula is C54H101N2O19P. The number of hydrogen-bond acceptors (Lipinski definition) is 16. The van der Waals surface area contributed by atoms with Gasteiger partial charge < -0.3 is 75.5 Å². The minimum atomic E-state index is -5.44. The summed E-state index contributed by atoms with van der Waals surface area (Å²) in [4.78, 5) is 72.2. The van der Waals surface area contributed by atoms with Crippen molar-refractivity contribution in [2.45, 2.75) is 312 Å². The molecule has 2 aliphatic heterocycles. The first kappa shape index (κ1) is 69.7. The summed E-state index contributed by atoms with van der Waals surface area (Å²) in [5.74, 6) is -4.04. The van der Waals surface area contributed by atoms with Gasteiger partial charge in [0.05, 0.1) is 38.0 Å². The van der Waals surface area contributed by atoms with Gasteiger partial charge in [-0.15, -0.1) is 0 Å². The molecule has 76 heavy (non-hydrogen) atoms. The Morgan fingerprint density at radius 2 is 1.09 bits per heavy atom. The van der Waals surface area contributed by atoms with Crippen molar-refractivity contribution in [3.63, 3.8) is 0 Å². The number of ether oxygens (including phenoxy) is 3. The lowest BCUT2D eigenvalue weighted by molar-refractivity contribution is -0.311. The summed E-state index contributed by atoms with van der Waals surface area (Å²) >= 11 is 0. The number of phosphoric ester groups is 1. The summed E-state index contributed by atoms with van der Waals surface area (Å²) in [6.07, 6.45) is 4.17. The van der Waals surface area contributed by atoms with Crippen LogP contribution in [-0.2, 0) is 42.5 Å². The lowest BCUT2D eigenvalue weighted by Gasteiger charge is -2.52. The van der Waals surface area contributed by atoms with Crippen molar-refractivity contribution in [1.29, 1.82) is 0 Å². The van der Waals surface area contributed by atoms with E-state index in [2.05, 4.69) is 31.4 Å². The number of aliphatic hydroxyl groups is 7. The predicted molar refractivity (Wildman–Crippen MR) is 283 cm³/mol. The molecule has 0 spiro atoms. The average molecular weight is 1110 g/mol. The SMILES string of the molecule is CCCCCCCCCCCC(=O)O[C@H](CCCCCCCCCCC)CC(=O)N[C@H]1[C@@H](O)[C@H](OP(=O)(O)O)[C@@H](CO)O[C@H]1C(O)[C@H]1O[C@H](O)[C@@](CC(=O)O)(NC(=O)C[C@H](O)CCCCCCCCCCC)[C@@H](O)[C@@H]1O. The van der Waals surface area contributed by atoms with Crippen molar-refractivity contribution in [1.82, 2.24) is 10.6 Å². The van der Waals surface area contributed by atoms with Crippen LogP contribution >= 0.6 is 7.82 Å². The molecule has 0 radical (unpaired) electrons. The van der Waals surface area contributed by atoms with Crippen LogP contribution in [0, 0.1) is 0 Å². The van der Waals surface area contributed by atoms with Crippen molar-refractivity contribution in [3.8, 4) is 0 Å². The van der Waals surface area contributed by atoms with Crippen LogP contribution in [-0.4, -0.2) is 160 Å². The molecule has 13 atom stereocenters. The highest BCUT2D eigenvalue weighted by Gasteiger charge is 2.61. The molecular weight excluding hydrogens is 1010 g/mol. The third-order valence-electron chi connectivity index (χ3n) is 14.8. The van der Waals surface area contributed by atoms with Gasteiger partial charge in [0, 0.05) is 6.42 Å². The quantitative estimate of drug-likeness (QED) is 0.0189. The zero-order chi connectivity index (χ0) is 56.5. The van der Waals surface area contributed by atoms with Gasteiger partial charge in [0.25, 0.3) is 0 Å². The van der Waals surface area contributed by atoms with Crippen LogP contribution in [0.15, 0.2) is 0 Å². The Bertz CT molecular complexity index is 1640. The van der Waals surface area contributed by atoms with Gasteiger partial charge in [-0.05, 0) is 25.7 Å². The molecule has 2 aliphatic rings. The third kappa shape index (κ3) is 26.7. The molecule has 2 fully saturated rings. The number of aliphatic hydroxyl groups excluding tert-OH is 7. The van der Waals surface area contributed by atoms with Crippen LogP contribution < -0.4 is 10.6 Å². The van der Waals surface area contributed by atoms with E-state index in [1.54, 1.807) is 0 Å². The number of phosphoric acid groups is 1. The summed E-state index contributed by atoms with van der Waals surface area (Å²) in [7, 11) is -5.44. The summed E-state index contributed by atoms with van der Waals surface area (Å²) in [5.41, 5.74) is -2.65. The fraction of sp³-hybridized carbons (Fsp3) is 0.926. The number of carboxylic acids is 1. The normalized spacial score (nSPS) is 26.1. The van der Waals surface area contributed by atoms with Gasteiger partial charge in [-0.3, -0.25) is 23.7 Å². The van der Waals surface area contributed by atoms with Gasteiger partial charge in [-0.1, -0.05) is 181 Å². The van der Waals surface area contributed by atoms with Gasteiger partial charge >= 0.3 is 19.8 Å². The number of carboxylic acid groups (broad SMARTS) is 1. The second kappa shape index (κ2) is 39.1. The number of amides is 2. The Labute approximate surface area is 452 Å². The molecule has 0 aromatic carbocycles. The average Bonchev–Trinajstić information content (AvgIpc) is 3.35. The van der Waals surface area contributed by atoms with E-state index in [9.17, 15) is 74.4 Å². The third-order valence-corrected chi connectivity index (χ3v) is 15.3. The van der Waals surface area contributed by atoms with Gasteiger partial charge in [0.2, 0.25) is 11.8 Å². The van der Waals surface area contributed by atoms with E-state index in [1.807, 2.05) is 0 Å². The number of aliphatic carboxylic acids is 1. The van der Waals surface area contributed by atoms with Crippen LogP contribution in [0.3, 0.4) is 0 Å². The van der Waals surface area contributed by atoms with E-state index >= 15 is 0 Å². The second-order valence-electron chi connectivity index (χ2n) is 21.5. The number of unbranched alkanes of at least 4 members (excludes halogenated alkanes) is 24. The minimum absolute atomic E-state index is 0.124. The molecule has 2 heterocycles. The van der Waals surface area contributed by atoms with E-state index < -0.39 is 136 Å². The second-order valence-corrected chi connectivity index (χ2v) is 22.7. The van der Waals surface area contributed by atoms with E-state index in [0.29, 0.717) is 25.7 Å². The van der Waals surface area contributed by atoms with E-state index in [0.717, 1.165) is 103 Å². The fourth-order valence-corrected chi connectivity index (χ4v) is 11.0. The van der Waals surface area contributed by atoms with Gasteiger partial charge in [0.15, 0.2) is 6.29 Å². The van der Waals surface area contributed by atoms with Crippen LogP contribution in [0.4, 0.5) is 0 Å². The van der Waals surface area contributed by atoms with Crippen LogP contribution in [0.2, 0.25) is 0 Å². The number of rotatable bonds is 44. The first-order chi connectivity index (χ1) is 36.2. The summed E-state index contributed by atoms with van der Waals surface area (Å²) in [6, 6.07) is -1.91. The number of hydrogen-bond donors (Lipinski definition) is 12. The molecule has 2 amide bonds. The lowest BCUT2D eigenvalue weighted by atomic mass is 9.77. The Hall–Kier alpha value is -2.37. The highest BCUT2D eigenvalue weighted by atomic mass is 31.2. The smallest absolute Gasteiger partial charge is 0.470 e. The molecule has 22 heteroatoms. The van der Waals surface area contributed by atoms with Gasteiger partial charge in [0.1, 0.15) is 60.5 Å². The molecule has 0 saturated carbocycles. The Morgan fingerprint density at radius 3 is 1.57 bits per heavy atom.